The fourth-order valence-electron chi connectivity index (χ4n) is 8.05. The third-order valence-corrected chi connectivity index (χ3v) is 12.2. The van der Waals surface area contributed by atoms with Crippen LogP contribution in [0.1, 0.15) is 147 Å². The van der Waals surface area contributed by atoms with Crippen molar-refractivity contribution in [2.75, 3.05) is 26.4 Å². The number of phenolic OH excluding ortho intramolecular Hbond substituents is 2. The number of nitrogens with zero attached hydrogens (tertiary/aromatic N) is 2. The summed E-state index contributed by atoms with van der Waals surface area (Å²) in [5.74, 6) is -6.64. The van der Waals surface area contributed by atoms with Crippen LogP contribution < -0.4 is 16.4 Å². The number of carboxylic acid groups (broad SMARTS) is 1. The van der Waals surface area contributed by atoms with Gasteiger partial charge in [-0.25, -0.2) is 4.79 Å². The summed E-state index contributed by atoms with van der Waals surface area (Å²) in [5.41, 5.74) is 6.55. The number of anilines is 1. The van der Waals surface area contributed by atoms with Crippen molar-refractivity contribution >= 4 is 46.9 Å². The molecule has 1 heterocycles. The molecule has 3 rings (SSSR count). The maximum atomic E-state index is 14.0. The first-order chi connectivity index (χ1) is 30.4. The first-order valence-electron chi connectivity index (χ1n) is 22.9. The van der Waals surface area contributed by atoms with Gasteiger partial charge in [0.05, 0.1) is 18.3 Å². The fourth-order valence-corrected chi connectivity index (χ4v) is 8.05. The Bertz CT molecular complexity index is 1940. The van der Waals surface area contributed by atoms with Gasteiger partial charge in [-0.15, -0.1) is 0 Å². The lowest BCUT2D eigenvalue weighted by atomic mass is 9.89. The van der Waals surface area contributed by atoms with Crippen LogP contribution in [-0.2, 0) is 40.0 Å². The third-order valence-electron chi connectivity index (χ3n) is 12.2. The van der Waals surface area contributed by atoms with Crippen LogP contribution in [0.25, 0.3) is 11.1 Å². The highest BCUT2D eigenvalue weighted by Crippen LogP contribution is 2.42. The van der Waals surface area contributed by atoms with Crippen LogP contribution in [0.15, 0.2) is 30.3 Å². The minimum absolute atomic E-state index is 0.0193. The van der Waals surface area contributed by atoms with E-state index in [1.807, 2.05) is 0 Å². The lowest BCUT2D eigenvalue weighted by molar-refractivity contribution is -0.143. The maximum absolute atomic E-state index is 14.0. The number of nitrogens with one attached hydrogen (secondary N) is 2. The van der Waals surface area contributed by atoms with E-state index in [4.69, 9.17) is 5.73 Å². The van der Waals surface area contributed by atoms with Gasteiger partial charge in [-0.05, 0) is 48.7 Å². The second kappa shape index (κ2) is 26.3. The number of rotatable bonds is 24. The molecule has 1 aliphatic heterocycles. The van der Waals surface area contributed by atoms with E-state index in [9.17, 15) is 54.0 Å². The summed E-state index contributed by atoms with van der Waals surface area (Å²) in [6.07, 6.45) is 14.0. The van der Waals surface area contributed by atoms with Crippen LogP contribution in [-0.4, -0.2) is 110 Å². The average Bonchev–Trinajstić information content (AvgIpc) is 3.25. The standard InChI is InChI=1S/C48H71N5O11/c1-6-7-8-9-10-11-12-13-14-15-16-17-18-19-42(58)52(4)38(29-54)47(62)50-31(3)39(55)22-23-43(59)53(5)44-33-20-21-40(56)34(28-33)35-25-32(26-36(49)45(35)60)27-37(48(63)64)51-46(61)30(2)24-41(44)57/h20-21,25-26,28,30-31,37-38,44,54,56,60H,6-19,22-24,27,29,49H2,1-5H3,(H,50,62)(H,51,61)(H,63,64)/t30-,31-,37+,38-,44+/m1/s1. The zero-order chi connectivity index (χ0) is 47.5. The first kappa shape index (κ1) is 52.8. The molecule has 2 aromatic carbocycles. The molecule has 16 nitrogen and oxygen atoms in total. The summed E-state index contributed by atoms with van der Waals surface area (Å²) in [6, 6.07) is 1.75. The summed E-state index contributed by atoms with van der Waals surface area (Å²) in [4.78, 5) is 94.8. The number of fused-ring (bicyclic) bond motifs is 5. The molecule has 0 saturated heterocycles. The molecule has 0 aliphatic carbocycles. The quantitative estimate of drug-likeness (QED) is 0.0379. The topological polar surface area (TPSA) is 257 Å². The van der Waals surface area contributed by atoms with Crippen LogP contribution >= 0.6 is 0 Å². The molecule has 0 saturated carbocycles. The second-order valence-corrected chi connectivity index (χ2v) is 17.3. The minimum atomic E-state index is -1.42. The van der Waals surface area contributed by atoms with Crippen molar-refractivity contribution < 1.29 is 54.0 Å². The van der Waals surface area contributed by atoms with Crippen LogP contribution in [0.3, 0.4) is 0 Å². The second-order valence-electron chi connectivity index (χ2n) is 17.3. The lowest BCUT2D eigenvalue weighted by Gasteiger charge is -2.30. The Morgan fingerprint density at radius 3 is 1.98 bits per heavy atom. The number of hydrogen-bond donors (Lipinski definition) is 7. The predicted molar refractivity (Wildman–Crippen MR) is 243 cm³/mol. The van der Waals surface area contributed by atoms with Gasteiger partial charge in [-0.1, -0.05) is 97.0 Å². The molecular formula is C48H71N5O11. The van der Waals surface area contributed by atoms with Gasteiger partial charge in [0.1, 0.15) is 29.6 Å². The molecule has 8 N–H and O–H groups in total. The first-order valence-corrected chi connectivity index (χ1v) is 22.9. The van der Waals surface area contributed by atoms with E-state index in [2.05, 4.69) is 17.6 Å². The van der Waals surface area contributed by atoms with Crippen molar-refractivity contribution in [3.63, 3.8) is 0 Å². The molecule has 354 valence electrons. The van der Waals surface area contributed by atoms with Crippen molar-refractivity contribution in [3.05, 3.63) is 41.5 Å². The number of ketones is 2. The highest BCUT2D eigenvalue weighted by Gasteiger charge is 2.34. The molecule has 4 bridgehead atoms. The van der Waals surface area contributed by atoms with E-state index in [1.54, 1.807) is 0 Å². The number of Topliss-reactive ketones (excluding diaryl/α,β-unsaturated/α-hetero) is 2. The van der Waals surface area contributed by atoms with Gasteiger partial charge in [0, 0.05) is 63.2 Å². The van der Waals surface area contributed by atoms with Crippen molar-refractivity contribution in [1.29, 1.82) is 0 Å². The van der Waals surface area contributed by atoms with Crippen molar-refractivity contribution in [3.8, 4) is 22.6 Å². The van der Waals surface area contributed by atoms with Gasteiger partial charge in [-0.3, -0.25) is 28.8 Å². The molecule has 16 heteroatoms. The zero-order valence-corrected chi connectivity index (χ0v) is 38.3. The Morgan fingerprint density at radius 1 is 0.812 bits per heavy atom. The number of phenols is 2. The number of aliphatic hydroxyl groups is 1. The molecule has 0 spiro atoms. The Labute approximate surface area is 377 Å². The summed E-state index contributed by atoms with van der Waals surface area (Å²) >= 11 is 0. The van der Waals surface area contributed by atoms with E-state index in [1.165, 1.54) is 121 Å². The van der Waals surface area contributed by atoms with Crippen LogP contribution in [0, 0.1) is 5.92 Å². The third kappa shape index (κ3) is 15.6. The number of aliphatic hydroxyl groups excluding tert-OH is 1. The number of aliphatic carboxylic acids is 1. The summed E-state index contributed by atoms with van der Waals surface area (Å²) in [5, 5.41) is 46.8. The molecule has 0 aromatic heterocycles. The molecule has 64 heavy (non-hydrogen) atoms. The van der Waals surface area contributed by atoms with E-state index in [0.29, 0.717) is 12.0 Å². The molecule has 2 aromatic rings. The molecule has 0 radical (unpaired) electrons. The number of benzene rings is 2. The van der Waals surface area contributed by atoms with E-state index >= 15 is 0 Å². The average molecular weight is 894 g/mol. The van der Waals surface area contributed by atoms with Gasteiger partial charge >= 0.3 is 5.97 Å². The SMILES string of the molecule is CCCCCCCCCCCCCCCC(=O)N(C)[C@H](CO)C(=O)N[C@H](C)C(=O)CCC(=O)N(C)[C@@H]1C(=O)C[C@@H](C)C(=O)N[C@H](C(=O)O)Cc2cc(N)c(O)c(c2)-c2cc1ccc2O. The maximum Gasteiger partial charge on any atom is 0.326 e. The Balaban J connectivity index is 1.62. The highest BCUT2D eigenvalue weighted by molar-refractivity contribution is 5.97. The fraction of sp³-hybridized carbons (Fsp3) is 0.604. The largest absolute Gasteiger partial charge is 0.507 e. The smallest absolute Gasteiger partial charge is 0.326 e. The normalized spacial score (nSPS) is 17.4. The van der Waals surface area contributed by atoms with Gasteiger partial charge in [0.2, 0.25) is 23.6 Å². The highest BCUT2D eigenvalue weighted by atomic mass is 16.4. The van der Waals surface area contributed by atoms with E-state index < -0.39 is 84.1 Å². The monoisotopic (exact) mass is 894 g/mol. The summed E-state index contributed by atoms with van der Waals surface area (Å²) < 4.78 is 0. The zero-order valence-electron chi connectivity index (χ0n) is 38.3. The van der Waals surface area contributed by atoms with Gasteiger partial charge in [0.25, 0.3) is 0 Å². The molecule has 4 amide bonds. The predicted octanol–water partition coefficient (Wildman–Crippen LogP) is 5.72. The Kier molecular flexibility index (Phi) is 21.7. The van der Waals surface area contributed by atoms with Gasteiger partial charge in [0.15, 0.2) is 11.6 Å². The van der Waals surface area contributed by atoms with Crippen LogP contribution in [0.5, 0.6) is 11.5 Å². The van der Waals surface area contributed by atoms with Crippen LogP contribution in [0.2, 0.25) is 0 Å². The Hall–Kier alpha value is -5.51. The number of carbonyl (C=O) groups excluding carboxylic acids is 6. The number of unbranched alkanes of at least 4 members (excludes halogenated alkanes) is 12. The Morgan fingerprint density at radius 2 is 1.41 bits per heavy atom. The molecule has 0 fully saturated rings. The summed E-state index contributed by atoms with van der Waals surface area (Å²) in [7, 11) is 2.78. The van der Waals surface area contributed by atoms with Crippen molar-refractivity contribution in [2.24, 2.45) is 5.92 Å². The van der Waals surface area contributed by atoms with Gasteiger partial charge in [-0.2, -0.15) is 0 Å². The number of hydrogen-bond acceptors (Lipinski definition) is 11. The van der Waals surface area contributed by atoms with Crippen LogP contribution in [0.4, 0.5) is 5.69 Å². The number of nitrogen functional groups attached to an aromatic ring is 1. The van der Waals surface area contributed by atoms with Gasteiger partial charge < -0.3 is 46.6 Å². The number of aromatic hydroxyl groups is 2. The molecule has 0 unspecified atom stereocenters. The minimum Gasteiger partial charge on any atom is -0.507 e. The molecule has 1 aliphatic rings. The lowest BCUT2D eigenvalue weighted by Crippen LogP contribution is -2.53. The van der Waals surface area contributed by atoms with E-state index in [-0.39, 0.29) is 59.7 Å². The number of amides is 4. The number of carbonyl (C=O) groups is 7. The summed E-state index contributed by atoms with van der Waals surface area (Å²) in [6.45, 7) is 4.43. The van der Waals surface area contributed by atoms with E-state index in [0.717, 1.165) is 24.2 Å². The molecule has 5 atom stereocenters. The number of likely N-dealkylation sites (N-methyl/N-ethyl adjacent to an activating group) is 2. The van der Waals surface area contributed by atoms with Crippen molar-refractivity contribution in [2.45, 2.75) is 161 Å². The number of nitrogens with two attached hydrogens (primary N) is 1. The molecular weight excluding hydrogens is 823 g/mol. The number of carboxylic acids is 1. The van der Waals surface area contributed by atoms with Crippen molar-refractivity contribution in [1.82, 2.24) is 20.4 Å².